The first kappa shape index (κ1) is 21.1. The van der Waals surface area contributed by atoms with E-state index in [0.717, 1.165) is 48.9 Å². The van der Waals surface area contributed by atoms with Crippen molar-refractivity contribution in [2.45, 2.75) is 38.8 Å². The maximum atomic E-state index is 6.42. The van der Waals surface area contributed by atoms with Crippen LogP contribution in [0.5, 0.6) is 5.88 Å². The first-order valence-corrected chi connectivity index (χ1v) is 10.7. The third kappa shape index (κ3) is 4.62. The molecule has 1 aliphatic heterocycles. The highest BCUT2D eigenvalue weighted by molar-refractivity contribution is 5.87. The lowest BCUT2D eigenvalue weighted by atomic mass is 10.1. The fourth-order valence-electron chi connectivity index (χ4n) is 3.93. The molecule has 4 rings (SSSR count). The number of ether oxygens (including phenoxy) is 1. The number of nitrogen functional groups attached to an aromatic ring is 2. The summed E-state index contributed by atoms with van der Waals surface area (Å²) in [5.74, 6) is 7.08. The van der Waals surface area contributed by atoms with Crippen LogP contribution in [0.4, 0.5) is 17.3 Å². The number of piperidine rings is 1. The van der Waals surface area contributed by atoms with E-state index in [1.807, 2.05) is 19.1 Å². The molecule has 2 aromatic heterocycles. The Kier molecular flexibility index (Phi) is 6.34. The molecule has 31 heavy (non-hydrogen) atoms. The van der Waals surface area contributed by atoms with E-state index in [0.29, 0.717) is 17.4 Å². The van der Waals surface area contributed by atoms with Crippen LogP contribution in [0.2, 0.25) is 0 Å². The molecule has 9 heteroatoms. The Labute approximate surface area is 182 Å². The largest absolute Gasteiger partial charge is 0.474 e. The number of nitrogens with two attached hydrogens (primary N) is 2. The Hall–Kier alpha value is -3.17. The second kappa shape index (κ2) is 9.32. The van der Waals surface area contributed by atoms with Crippen LogP contribution in [-0.2, 0) is 0 Å². The number of anilines is 3. The van der Waals surface area contributed by atoms with Crippen LogP contribution < -0.4 is 27.1 Å². The van der Waals surface area contributed by atoms with Gasteiger partial charge in [0, 0.05) is 18.5 Å². The van der Waals surface area contributed by atoms with E-state index in [2.05, 4.69) is 50.7 Å². The molecule has 1 aromatic carbocycles. The molecule has 0 bridgehead atoms. The third-order valence-electron chi connectivity index (χ3n) is 5.80. The molecule has 0 aliphatic carbocycles. The van der Waals surface area contributed by atoms with Gasteiger partial charge in [-0.05, 0) is 43.8 Å². The number of likely N-dealkylation sites (tertiary alicyclic amines) is 1. The van der Waals surface area contributed by atoms with Crippen molar-refractivity contribution in [2.75, 3.05) is 36.1 Å². The number of fused-ring (bicyclic) bond motifs is 1. The monoisotopic (exact) mass is 422 g/mol. The van der Waals surface area contributed by atoms with Crippen molar-refractivity contribution in [3.63, 3.8) is 0 Å². The van der Waals surface area contributed by atoms with Gasteiger partial charge < -0.3 is 26.1 Å². The highest BCUT2D eigenvalue weighted by Crippen LogP contribution is 2.31. The quantitative estimate of drug-likeness (QED) is 0.336. The summed E-state index contributed by atoms with van der Waals surface area (Å²) in [6, 6.07) is 10.1. The summed E-state index contributed by atoms with van der Waals surface area (Å²) in [6.07, 6.45) is 3.59. The zero-order chi connectivity index (χ0) is 21.8. The summed E-state index contributed by atoms with van der Waals surface area (Å²) in [4.78, 5) is 15.6. The molecule has 6 N–H and O–H groups in total. The van der Waals surface area contributed by atoms with Crippen molar-refractivity contribution < 1.29 is 4.74 Å². The summed E-state index contributed by atoms with van der Waals surface area (Å²) in [5.41, 5.74) is 9.76. The van der Waals surface area contributed by atoms with Gasteiger partial charge in [-0.3, -0.25) is 5.84 Å². The molecule has 3 heterocycles. The molecule has 164 valence electrons. The van der Waals surface area contributed by atoms with Crippen LogP contribution in [0.25, 0.3) is 10.8 Å². The van der Waals surface area contributed by atoms with E-state index in [1.165, 1.54) is 6.33 Å². The second-order valence-corrected chi connectivity index (χ2v) is 7.82. The van der Waals surface area contributed by atoms with Gasteiger partial charge >= 0.3 is 0 Å². The number of nitrogens with one attached hydrogen (secondary N) is 2. The molecule has 1 fully saturated rings. The molecule has 1 aliphatic rings. The molecule has 0 saturated carbocycles. The maximum absolute atomic E-state index is 6.42. The van der Waals surface area contributed by atoms with Crippen molar-refractivity contribution in [1.82, 2.24) is 19.9 Å². The third-order valence-corrected chi connectivity index (χ3v) is 5.80. The Balaban J connectivity index is 1.61. The lowest BCUT2D eigenvalue weighted by molar-refractivity contribution is 0.101. The number of hydrogen-bond donors (Lipinski definition) is 4. The standard InChI is InChI=1S/C22H30N8O/c1-3-30-10-8-16(9-11-30)31-22-17-7-5-4-6-15(17)12-18(28-22)14(2)27-21-19(29-24)20(23)25-13-26-21/h4-7,12-14,16,29H,3,8-11,24H2,1-2H3,(H3,23,25,26,27). The smallest absolute Gasteiger partial charge is 0.221 e. The minimum Gasteiger partial charge on any atom is -0.474 e. The van der Waals surface area contributed by atoms with Crippen LogP contribution in [-0.4, -0.2) is 45.6 Å². The van der Waals surface area contributed by atoms with E-state index in [4.69, 9.17) is 21.3 Å². The first-order valence-electron chi connectivity index (χ1n) is 10.7. The molecule has 1 atom stereocenters. The van der Waals surface area contributed by atoms with Crippen LogP contribution >= 0.6 is 0 Å². The number of hydrogen-bond acceptors (Lipinski definition) is 9. The van der Waals surface area contributed by atoms with E-state index in [-0.39, 0.29) is 18.0 Å². The zero-order valence-corrected chi connectivity index (χ0v) is 18.0. The highest BCUT2D eigenvalue weighted by atomic mass is 16.5. The van der Waals surface area contributed by atoms with Gasteiger partial charge in [-0.15, -0.1) is 0 Å². The summed E-state index contributed by atoms with van der Waals surface area (Å²) in [6.45, 7) is 7.41. The predicted octanol–water partition coefficient (Wildman–Crippen LogP) is 2.93. The SMILES string of the molecule is CCN1CCC(Oc2nc(C(C)Nc3ncnc(N)c3NN)cc3ccccc23)CC1. The van der Waals surface area contributed by atoms with Crippen LogP contribution in [0.3, 0.4) is 0 Å². The average molecular weight is 423 g/mol. The fourth-order valence-corrected chi connectivity index (χ4v) is 3.93. The molecule has 1 saturated heterocycles. The molecule has 9 nitrogen and oxygen atoms in total. The summed E-state index contributed by atoms with van der Waals surface area (Å²) in [7, 11) is 0. The second-order valence-electron chi connectivity index (χ2n) is 7.82. The van der Waals surface area contributed by atoms with Crippen molar-refractivity contribution in [1.29, 1.82) is 0 Å². The van der Waals surface area contributed by atoms with Gasteiger partial charge in [0.1, 0.15) is 18.1 Å². The van der Waals surface area contributed by atoms with E-state index in [9.17, 15) is 0 Å². The molecule has 1 unspecified atom stereocenters. The van der Waals surface area contributed by atoms with Crippen LogP contribution in [0.1, 0.15) is 38.4 Å². The van der Waals surface area contributed by atoms with Gasteiger partial charge in [0.15, 0.2) is 11.6 Å². The number of rotatable bonds is 7. The summed E-state index contributed by atoms with van der Waals surface area (Å²) in [5, 5.41) is 5.43. The van der Waals surface area contributed by atoms with Gasteiger partial charge in [0.2, 0.25) is 5.88 Å². The van der Waals surface area contributed by atoms with E-state index >= 15 is 0 Å². The number of nitrogens with zero attached hydrogens (tertiary/aromatic N) is 4. The Bertz CT molecular complexity index is 1040. The highest BCUT2D eigenvalue weighted by Gasteiger charge is 2.22. The summed E-state index contributed by atoms with van der Waals surface area (Å²) >= 11 is 0. The lowest BCUT2D eigenvalue weighted by Gasteiger charge is -2.31. The maximum Gasteiger partial charge on any atom is 0.221 e. The minimum absolute atomic E-state index is 0.157. The van der Waals surface area contributed by atoms with Crippen molar-refractivity contribution in [2.24, 2.45) is 5.84 Å². The van der Waals surface area contributed by atoms with Crippen molar-refractivity contribution >= 4 is 28.1 Å². The Morgan fingerprint density at radius 2 is 2.00 bits per heavy atom. The first-order chi connectivity index (χ1) is 15.1. The van der Waals surface area contributed by atoms with Gasteiger partial charge in [0.25, 0.3) is 0 Å². The molecular weight excluding hydrogens is 392 g/mol. The number of pyridine rings is 1. The minimum atomic E-state index is -0.157. The molecular formula is C22H30N8O. The number of aromatic nitrogens is 3. The summed E-state index contributed by atoms with van der Waals surface area (Å²) < 4.78 is 6.42. The van der Waals surface area contributed by atoms with Crippen molar-refractivity contribution in [3.8, 4) is 5.88 Å². The van der Waals surface area contributed by atoms with E-state index < -0.39 is 0 Å². The normalized spacial score (nSPS) is 16.2. The van der Waals surface area contributed by atoms with Gasteiger partial charge in [-0.25, -0.2) is 15.0 Å². The molecule has 3 aromatic rings. The fraction of sp³-hybridized carbons (Fsp3) is 0.409. The predicted molar refractivity (Wildman–Crippen MR) is 124 cm³/mol. The number of benzene rings is 1. The lowest BCUT2D eigenvalue weighted by Crippen LogP contribution is -2.38. The number of hydrazine groups is 1. The molecule has 0 radical (unpaired) electrons. The average Bonchev–Trinajstić information content (AvgIpc) is 2.79. The topological polar surface area (TPSA) is 127 Å². The molecule has 0 amide bonds. The van der Waals surface area contributed by atoms with Crippen LogP contribution in [0, 0.1) is 0 Å². The Morgan fingerprint density at radius 1 is 1.23 bits per heavy atom. The van der Waals surface area contributed by atoms with E-state index in [1.54, 1.807) is 0 Å². The van der Waals surface area contributed by atoms with Gasteiger partial charge in [-0.1, -0.05) is 25.1 Å². The zero-order valence-electron chi connectivity index (χ0n) is 18.0. The van der Waals surface area contributed by atoms with Crippen LogP contribution in [0.15, 0.2) is 36.7 Å². The van der Waals surface area contributed by atoms with Gasteiger partial charge in [-0.2, -0.15) is 0 Å². The molecule has 0 spiro atoms. The van der Waals surface area contributed by atoms with Crippen molar-refractivity contribution in [3.05, 3.63) is 42.4 Å². The van der Waals surface area contributed by atoms with Gasteiger partial charge in [0.05, 0.1) is 11.7 Å². The Morgan fingerprint density at radius 3 is 2.74 bits per heavy atom.